The summed E-state index contributed by atoms with van der Waals surface area (Å²) in [5, 5.41) is 7.93. The van der Waals surface area contributed by atoms with Crippen molar-refractivity contribution in [1.29, 1.82) is 0 Å². The van der Waals surface area contributed by atoms with Gasteiger partial charge in [0, 0.05) is 0 Å². The Balaban J connectivity index is 1.59. The highest BCUT2D eigenvalue weighted by atomic mass is 32.2. The highest BCUT2D eigenvalue weighted by molar-refractivity contribution is 7.95. The van der Waals surface area contributed by atoms with E-state index in [2.05, 4.69) is 23.2 Å². The summed E-state index contributed by atoms with van der Waals surface area (Å²) in [5.74, 6) is 1.24. The number of alkyl halides is 2. The lowest BCUT2D eigenvalue weighted by atomic mass is 9.48. The number of ether oxygens (including phenoxy) is 2. The fourth-order valence-electron chi connectivity index (χ4n) is 5.65. The molecule has 8 heteroatoms. The van der Waals surface area contributed by atoms with Gasteiger partial charge in [-0.15, -0.1) is 4.33 Å². The van der Waals surface area contributed by atoms with Crippen molar-refractivity contribution < 1.29 is 32.9 Å². The van der Waals surface area contributed by atoms with Gasteiger partial charge in [0.2, 0.25) is 0 Å². The molecule has 1 N–H and O–H groups in total. The van der Waals surface area contributed by atoms with Gasteiger partial charge in [-0.1, -0.05) is 5.04 Å². The zero-order chi connectivity index (χ0) is 17.4. The Hall–Kier alpha value is 0.01000. The molecule has 0 aromatic heterocycles. The Morgan fingerprint density at radius 3 is 2.46 bits per heavy atom. The molecule has 0 aromatic carbocycles. The average molecular weight is 368 g/mol. The van der Waals surface area contributed by atoms with Crippen molar-refractivity contribution in [2.45, 2.75) is 69.3 Å². The van der Waals surface area contributed by atoms with Crippen LogP contribution in [-0.4, -0.2) is 35.4 Å². The van der Waals surface area contributed by atoms with Gasteiger partial charge in [-0.2, -0.15) is 8.78 Å². The predicted octanol–water partition coefficient (Wildman–Crippen LogP) is 4.43. The van der Waals surface area contributed by atoms with E-state index in [9.17, 15) is 8.78 Å². The standard InChI is InChI=1S/C16H26F2O5S/c1-11(2)21-15-6-12-3-13(7-15)5-14(4-12,8-15)9-20-10-16(17,18)24-23-22-19/h11-13,19H,3-10H2,1-2H3. The molecule has 0 radical (unpaired) electrons. The van der Waals surface area contributed by atoms with E-state index in [1.165, 1.54) is 6.42 Å². The molecule has 4 rings (SSSR count). The number of rotatable bonds is 9. The van der Waals surface area contributed by atoms with Crippen molar-refractivity contribution in [3.8, 4) is 0 Å². The largest absolute Gasteiger partial charge is 0.374 e. The molecule has 0 aliphatic heterocycles. The number of hydrogen-bond acceptors (Lipinski definition) is 6. The molecule has 4 saturated carbocycles. The molecule has 0 heterocycles. The molecule has 2 atom stereocenters. The normalized spacial score (nSPS) is 38.2. The van der Waals surface area contributed by atoms with E-state index in [1.807, 2.05) is 0 Å². The van der Waals surface area contributed by atoms with E-state index in [-0.39, 0.29) is 29.2 Å². The van der Waals surface area contributed by atoms with Crippen LogP contribution in [0.1, 0.15) is 52.4 Å². The second-order valence-electron chi connectivity index (χ2n) is 8.17. The smallest absolute Gasteiger partial charge is 0.343 e. The lowest BCUT2D eigenvalue weighted by molar-refractivity contribution is -0.433. The summed E-state index contributed by atoms with van der Waals surface area (Å²) in [4.78, 5) is 0. The maximum Gasteiger partial charge on any atom is 0.343 e. The van der Waals surface area contributed by atoms with Crippen molar-refractivity contribution in [1.82, 2.24) is 0 Å². The molecule has 4 aliphatic rings. The summed E-state index contributed by atoms with van der Waals surface area (Å²) in [5.41, 5.74) is -0.138. The second kappa shape index (κ2) is 6.96. The van der Waals surface area contributed by atoms with Crippen LogP contribution in [0.2, 0.25) is 0 Å². The molecule has 5 nitrogen and oxygen atoms in total. The second-order valence-corrected chi connectivity index (χ2v) is 9.07. The first-order chi connectivity index (χ1) is 11.3. The van der Waals surface area contributed by atoms with E-state index in [0.717, 1.165) is 32.1 Å². The molecule has 4 fully saturated rings. The molecule has 2 unspecified atom stereocenters. The summed E-state index contributed by atoms with van der Waals surface area (Å²) >= 11 is -0.252. The SMILES string of the molecule is CC(C)OC12CC3CC(CC(COCC(F)(F)SOOO)(C3)C1)C2. The monoisotopic (exact) mass is 368 g/mol. The highest BCUT2D eigenvalue weighted by Crippen LogP contribution is 2.63. The van der Waals surface area contributed by atoms with Crippen molar-refractivity contribution >= 4 is 12.0 Å². The molecule has 4 aliphatic carbocycles. The van der Waals surface area contributed by atoms with Crippen LogP contribution >= 0.6 is 12.0 Å². The van der Waals surface area contributed by atoms with Crippen LogP contribution in [0.4, 0.5) is 8.78 Å². The van der Waals surface area contributed by atoms with E-state index in [4.69, 9.17) is 14.7 Å². The Kier molecular flexibility index (Phi) is 5.45. The number of halogens is 2. The Morgan fingerprint density at radius 2 is 1.88 bits per heavy atom. The van der Waals surface area contributed by atoms with Gasteiger partial charge in [0.15, 0.2) is 0 Å². The molecular weight excluding hydrogens is 342 g/mol. The molecule has 4 bridgehead atoms. The van der Waals surface area contributed by atoms with Gasteiger partial charge in [-0.3, -0.25) is 0 Å². The van der Waals surface area contributed by atoms with Gasteiger partial charge in [-0.05, 0) is 69.6 Å². The predicted molar refractivity (Wildman–Crippen MR) is 84.2 cm³/mol. The van der Waals surface area contributed by atoms with E-state index < -0.39 is 11.9 Å². The van der Waals surface area contributed by atoms with Gasteiger partial charge in [0.1, 0.15) is 18.6 Å². The Morgan fingerprint density at radius 1 is 1.21 bits per heavy atom. The van der Waals surface area contributed by atoms with Crippen LogP contribution < -0.4 is 0 Å². The van der Waals surface area contributed by atoms with Gasteiger partial charge in [-0.25, -0.2) is 5.26 Å². The fraction of sp³-hybridized carbons (Fsp3) is 1.00. The number of hydrogen-bond donors (Lipinski definition) is 1. The minimum Gasteiger partial charge on any atom is -0.374 e. The zero-order valence-corrected chi connectivity index (χ0v) is 14.9. The maximum atomic E-state index is 13.5. The quantitative estimate of drug-likeness (QED) is 0.369. The van der Waals surface area contributed by atoms with Gasteiger partial charge < -0.3 is 9.47 Å². The van der Waals surface area contributed by atoms with Crippen molar-refractivity contribution in [3.63, 3.8) is 0 Å². The first kappa shape index (κ1) is 18.8. The van der Waals surface area contributed by atoms with Crippen LogP contribution in [0.15, 0.2) is 0 Å². The Labute approximate surface area is 145 Å². The lowest BCUT2D eigenvalue weighted by Crippen LogP contribution is -2.58. The van der Waals surface area contributed by atoms with E-state index in [0.29, 0.717) is 18.4 Å². The summed E-state index contributed by atoms with van der Waals surface area (Å²) in [6.45, 7) is 3.67. The summed E-state index contributed by atoms with van der Waals surface area (Å²) in [6.07, 6.45) is 6.59. The topological polar surface area (TPSA) is 57.2 Å². The van der Waals surface area contributed by atoms with Crippen molar-refractivity contribution in [2.75, 3.05) is 13.2 Å². The van der Waals surface area contributed by atoms with Crippen LogP contribution in [0.25, 0.3) is 0 Å². The van der Waals surface area contributed by atoms with Gasteiger partial charge in [0.05, 0.1) is 18.3 Å². The molecular formula is C16H26F2O5S. The third-order valence-electron chi connectivity index (χ3n) is 5.48. The summed E-state index contributed by atoms with van der Waals surface area (Å²) in [7, 11) is 0. The zero-order valence-electron chi connectivity index (χ0n) is 14.1. The molecule has 0 amide bonds. The minimum atomic E-state index is -3.27. The lowest BCUT2D eigenvalue weighted by Gasteiger charge is -2.62. The average Bonchev–Trinajstić information content (AvgIpc) is 2.41. The molecule has 0 aromatic rings. The van der Waals surface area contributed by atoms with Crippen molar-refractivity contribution in [2.24, 2.45) is 17.3 Å². The van der Waals surface area contributed by atoms with Gasteiger partial charge >= 0.3 is 5.25 Å². The highest BCUT2D eigenvalue weighted by Gasteiger charge is 2.58. The first-order valence-corrected chi connectivity index (χ1v) is 9.29. The summed E-state index contributed by atoms with van der Waals surface area (Å²) in [6, 6.07) is 0. The van der Waals surface area contributed by atoms with E-state index in [1.54, 1.807) is 0 Å². The minimum absolute atomic E-state index is 0.0476. The molecule has 24 heavy (non-hydrogen) atoms. The molecule has 0 spiro atoms. The van der Waals surface area contributed by atoms with Crippen LogP contribution in [0.3, 0.4) is 0 Å². The fourth-order valence-corrected chi connectivity index (χ4v) is 5.91. The van der Waals surface area contributed by atoms with Crippen LogP contribution in [-0.2, 0) is 18.8 Å². The molecule has 140 valence electrons. The van der Waals surface area contributed by atoms with E-state index >= 15 is 0 Å². The third-order valence-corrected chi connectivity index (χ3v) is 5.97. The third kappa shape index (κ3) is 4.22. The van der Waals surface area contributed by atoms with Gasteiger partial charge in [0.25, 0.3) is 0 Å². The van der Waals surface area contributed by atoms with Crippen molar-refractivity contribution in [3.05, 3.63) is 0 Å². The molecule has 0 saturated heterocycles. The van der Waals surface area contributed by atoms with Crippen LogP contribution in [0.5, 0.6) is 0 Å². The first-order valence-electron chi connectivity index (χ1n) is 8.55. The Bertz CT molecular complexity index is 429. The van der Waals surface area contributed by atoms with Crippen LogP contribution in [0, 0.1) is 17.3 Å². The maximum absolute atomic E-state index is 13.5. The summed E-state index contributed by atoms with van der Waals surface area (Å²) < 4.78 is 42.5.